The first-order valence-electron chi connectivity index (χ1n) is 5.63. The van der Waals surface area contributed by atoms with Crippen molar-refractivity contribution < 1.29 is 4.74 Å². The molecule has 0 saturated carbocycles. The van der Waals surface area contributed by atoms with Crippen LogP contribution in [0.15, 0.2) is 28.6 Å². The van der Waals surface area contributed by atoms with Gasteiger partial charge in [-0.05, 0) is 13.0 Å². The Bertz CT molecular complexity index is 502. The van der Waals surface area contributed by atoms with E-state index in [1.165, 1.54) is 0 Å². The minimum absolute atomic E-state index is 0.499. The highest BCUT2D eigenvalue weighted by Gasteiger charge is 2.03. The predicted octanol–water partition coefficient (Wildman–Crippen LogP) is 2.48. The van der Waals surface area contributed by atoms with Crippen LogP contribution >= 0.6 is 23.1 Å². The van der Waals surface area contributed by atoms with E-state index in [4.69, 9.17) is 10.5 Å². The molecule has 0 saturated heterocycles. The Balaban J connectivity index is 1.78. The van der Waals surface area contributed by atoms with Gasteiger partial charge in [0.1, 0.15) is 10.8 Å². The van der Waals surface area contributed by atoms with Gasteiger partial charge in [0.2, 0.25) is 0 Å². The molecule has 0 fully saturated rings. The van der Waals surface area contributed by atoms with Crippen LogP contribution in [0.4, 0.5) is 0 Å². The van der Waals surface area contributed by atoms with Crippen LogP contribution in [0.3, 0.4) is 0 Å². The molecule has 0 atom stereocenters. The predicted molar refractivity (Wildman–Crippen MR) is 75.2 cm³/mol. The zero-order valence-corrected chi connectivity index (χ0v) is 11.8. The Morgan fingerprint density at radius 1 is 1.33 bits per heavy atom. The van der Waals surface area contributed by atoms with Crippen LogP contribution in [0.1, 0.15) is 10.6 Å². The highest BCUT2D eigenvalue weighted by atomic mass is 32.2. The summed E-state index contributed by atoms with van der Waals surface area (Å²) in [5.74, 6) is 1.72. The Morgan fingerprint density at radius 3 is 2.89 bits per heavy atom. The monoisotopic (exact) mass is 281 g/mol. The Labute approximate surface area is 115 Å². The highest BCUT2D eigenvalue weighted by Crippen LogP contribution is 2.22. The van der Waals surface area contributed by atoms with Crippen LogP contribution in [0.5, 0.6) is 5.75 Å². The molecular formula is C12H15N3OS2. The number of aryl methyl sites for hydroxylation is 1. The van der Waals surface area contributed by atoms with Crippen molar-refractivity contribution in [3.05, 3.63) is 34.8 Å². The van der Waals surface area contributed by atoms with Gasteiger partial charge >= 0.3 is 0 Å². The molecular weight excluding hydrogens is 266 g/mol. The number of ether oxygens (including phenoxy) is 1. The molecule has 0 spiro atoms. The van der Waals surface area contributed by atoms with Crippen molar-refractivity contribution in [2.45, 2.75) is 17.8 Å². The van der Waals surface area contributed by atoms with E-state index in [0.717, 1.165) is 26.4 Å². The lowest BCUT2D eigenvalue weighted by Crippen LogP contribution is -2.05. The van der Waals surface area contributed by atoms with E-state index in [0.29, 0.717) is 13.2 Å². The normalized spacial score (nSPS) is 10.6. The second-order valence-electron chi connectivity index (χ2n) is 3.60. The summed E-state index contributed by atoms with van der Waals surface area (Å²) < 4.78 is 6.70. The number of benzene rings is 1. The van der Waals surface area contributed by atoms with Crippen molar-refractivity contribution in [1.29, 1.82) is 0 Å². The number of thioether (sulfide) groups is 1. The van der Waals surface area contributed by atoms with E-state index in [9.17, 15) is 0 Å². The third-order valence-corrected chi connectivity index (χ3v) is 4.20. The van der Waals surface area contributed by atoms with E-state index >= 15 is 0 Å². The SMILES string of the molecule is Cc1nnc(SCCOc2ccccc2CN)s1. The summed E-state index contributed by atoms with van der Waals surface area (Å²) in [5, 5.41) is 9.01. The largest absolute Gasteiger partial charge is 0.492 e. The number of rotatable bonds is 6. The van der Waals surface area contributed by atoms with Gasteiger partial charge in [-0.15, -0.1) is 10.2 Å². The first kappa shape index (κ1) is 13.3. The molecule has 2 N–H and O–H groups in total. The fraction of sp³-hybridized carbons (Fsp3) is 0.333. The third kappa shape index (κ3) is 3.69. The van der Waals surface area contributed by atoms with Crippen LogP contribution in [-0.2, 0) is 6.54 Å². The molecule has 6 heteroatoms. The Kier molecular flexibility index (Phi) is 4.98. The fourth-order valence-electron chi connectivity index (χ4n) is 1.43. The van der Waals surface area contributed by atoms with Gasteiger partial charge in [0, 0.05) is 17.9 Å². The fourth-order valence-corrected chi connectivity index (χ4v) is 3.13. The molecule has 0 bridgehead atoms. The Hall–Kier alpha value is -1.11. The van der Waals surface area contributed by atoms with Crippen LogP contribution in [0.2, 0.25) is 0 Å². The number of aromatic nitrogens is 2. The van der Waals surface area contributed by atoms with Gasteiger partial charge in [-0.1, -0.05) is 41.3 Å². The summed E-state index contributed by atoms with van der Waals surface area (Å²) in [6, 6.07) is 7.85. The topological polar surface area (TPSA) is 61.0 Å². The number of para-hydroxylation sites is 1. The zero-order valence-electron chi connectivity index (χ0n) is 10.1. The molecule has 0 radical (unpaired) electrons. The first-order valence-corrected chi connectivity index (χ1v) is 7.43. The van der Waals surface area contributed by atoms with E-state index in [-0.39, 0.29) is 0 Å². The van der Waals surface area contributed by atoms with Gasteiger partial charge in [-0.2, -0.15) is 0 Å². The van der Waals surface area contributed by atoms with Gasteiger partial charge < -0.3 is 10.5 Å². The van der Waals surface area contributed by atoms with Crippen molar-refractivity contribution in [2.24, 2.45) is 5.73 Å². The highest BCUT2D eigenvalue weighted by molar-refractivity contribution is 8.01. The summed E-state index contributed by atoms with van der Waals surface area (Å²) in [5.41, 5.74) is 6.68. The maximum atomic E-state index is 5.71. The van der Waals surface area contributed by atoms with E-state index in [2.05, 4.69) is 10.2 Å². The average Bonchev–Trinajstić information content (AvgIpc) is 2.81. The van der Waals surface area contributed by atoms with Crippen molar-refractivity contribution in [2.75, 3.05) is 12.4 Å². The molecule has 0 amide bonds. The van der Waals surface area contributed by atoms with Crippen molar-refractivity contribution >= 4 is 23.1 Å². The first-order chi connectivity index (χ1) is 8.79. The molecule has 1 heterocycles. The molecule has 0 unspecified atom stereocenters. The van der Waals surface area contributed by atoms with Gasteiger partial charge in [0.25, 0.3) is 0 Å². The van der Waals surface area contributed by atoms with Crippen LogP contribution in [0.25, 0.3) is 0 Å². The van der Waals surface area contributed by atoms with Crippen LogP contribution in [-0.4, -0.2) is 22.6 Å². The zero-order chi connectivity index (χ0) is 12.8. The lowest BCUT2D eigenvalue weighted by molar-refractivity contribution is 0.340. The maximum Gasteiger partial charge on any atom is 0.174 e. The molecule has 2 rings (SSSR count). The van der Waals surface area contributed by atoms with E-state index in [1.807, 2.05) is 31.2 Å². The summed E-state index contributed by atoms with van der Waals surface area (Å²) in [6.45, 7) is 3.09. The molecule has 1 aromatic heterocycles. The summed E-state index contributed by atoms with van der Waals surface area (Å²) in [4.78, 5) is 0. The number of hydrogen-bond donors (Lipinski definition) is 1. The quantitative estimate of drug-likeness (QED) is 0.651. The minimum Gasteiger partial charge on any atom is -0.492 e. The van der Waals surface area contributed by atoms with Crippen molar-refractivity contribution in [1.82, 2.24) is 10.2 Å². The Morgan fingerprint density at radius 2 is 2.17 bits per heavy atom. The van der Waals surface area contributed by atoms with Gasteiger partial charge in [0.05, 0.1) is 6.61 Å². The smallest absolute Gasteiger partial charge is 0.174 e. The average molecular weight is 281 g/mol. The van der Waals surface area contributed by atoms with Gasteiger partial charge in [0.15, 0.2) is 4.34 Å². The second-order valence-corrected chi connectivity index (χ2v) is 6.12. The molecule has 2 aromatic rings. The number of nitrogens with zero attached hydrogens (tertiary/aromatic N) is 2. The lowest BCUT2D eigenvalue weighted by atomic mass is 10.2. The molecule has 1 aromatic carbocycles. The molecule has 0 aliphatic carbocycles. The van der Waals surface area contributed by atoms with Crippen molar-refractivity contribution in [3.8, 4) is 5.75 Å². The number of nitrogens with two attached hydrogens (primary N) is 1. The molecule has 18 heavy (non-hydrogen) atoms. The summed E-state index contributed by atoms with van der Waals surface area (Å²) >= 11 is 3.27. The van der Waals surface area contributed by atoms with E-state index < -0.39 is 0 Å². The summed E-state index contributed by atoms with van der Waals surface area (Å²) in [6.07, 6.45) is 0. The van der Waals surface area contributed by atoms with Gasteiger partial charge in [-0.3, -0.25) is 0 Å². The van der Waals surface area contributed by atoms with Crippen LogP contribution in [0, 0.1) is 6.92 Å². The standard InChI is InChI=1S/C12H15N3OS2/c1-9-14-15-12(18-9)17-7-6-16-11-5-3-2-4-10(11)8-13/h2-5H,6-8,13H2,1H3. The van der Waals surface area contributed by atoms with Crippen LogP contribution < -0.4 is 10.5 Å². The van der Waals surface area contributed by atoms with Crippen molar-refractivity contribution in [3.63, 3.8) is 0 Å². The molecule has 0 aliphatic heterocycles. The van der Waals surface area contributed by atoms with Gasteiger partial charge in [-0.25, -0.2) is 0 Å². The molecule has 4 nitrogen and oxygen atoms in total. The third-order valence-electron chi connectivity index (χ3n) is 2.27. The number of hydrogen-bond acceptors (Lipinski definition) is 6. The molecule has 0 aliphatic rings. The summed E-state index contributed by atoms with van der Waals surface area (Å²) in [7, 11) is 0. The van der Waals surface area contributed by atoms with E-state index in [1.54, 1.807) is 23.1 Å². The maximum absolute atomic E-state index is 5.71. The lowest BCUT2D eigenvalue weighted by Gasteiger charge is -2.09. The second kappa shape index (κ2) is 6.72. The minimum atomic E-state index is 0.499. The molecule has 96 valence electrons.